The first kappa shape index (κ1) is 23.0. The Hall–Kier alpha value is -2.71. The molecule has 0 spiro atoms. The second kappa shape index (κ2) is 11.1. The molecule has 2 aromatic rings. The Morgan fingerprint density at radius 1 is 1.19 bits per heavy atom. The van der Waals surface area contributed by atoms with Crippen LogP contribution in [0, 0.1) is 5.92 Å². The van der Waals surface area contributed by atoms with Gasteiger partial charge in [-0.2, -0.15) is 5.10 Å². The topological polar surface area (TPSA) is 98.9 Å². The van der Waals surface area contributed by atoms with Crippen LogP contribution in [0.1, 0.15) is 24.1 Å². The third-order valence-electron chi connectivity index (χ3n) is 6.15. The molecule has 4 rings (SSSR count). The summed E-state index contributed by atoms with van der Waals surface area (Å²) in [4.78, 5) is 25.8. The van der Waals surface area contributed by atoms with Crippen LogP contribution in [0.2, 0.25) is 0 Å². The number of fused-ring (bicyclic) bond motifs is 1. The molecule has 8 heteroatoms. The maximum Gasteiger partial charge on any atom is 0.290 e. The molecule has 0 bridgehead atoms. The van der Waals surface area contributed by atoms with Gasteiger partial charge in [0.1, 0.15) is 0 Å². The van der Waals surface area contributed by atoms with Gasteiger partial charge in [-0.25, -0.2) is 0 Å². The van der Waals surface area contributed by atoms with Gasteiger partial charge in [0, 0.05) is 56.5 Å². The van der Waals surface area contributed by atoms with Crippen LogP contribution in [0.15, 0.2) is 30.3 Å². The number of aliphatic hydroxyl groups excluding tert-OH is 1. The van der Waals surface area contributed by atoms with Crippen LogP contribution in [0.3, 0.4) is 0 Å². The fourth-order valence-electron chi connectivity index (χ4n) is 4.69. The lowest BCUT2D eigenvalue weighted by atomic mass is 9.96. The summed E-state index contributed by atoms with van der Waals surface area (Å²) in [5.74, 6) is 0.345. The van der Waals surface area contributed by atoms with E-state index in [1.807, 2.05) is 29.9 Å². The first-order chi connectivity index (χ1) is 15.1. The van der Waals surface area contributed by atoms with Crippen LogP contribution in [-0.2, 0) is 29.5 Å². The fourth-order valence-corrected chi connectivity index (χ4v) is 4.69. The second-order valence-electron chi connectivity index (χ2n) is 8.06. The van der Waals surface area contributed by atoms with Crippen molar-refractivity contribution < 1.29 is 19.8 Å². The largest absolute Gasteiger partial charge is 0.483 e. The normalized spacial score (nSPS) is 19.0. The highest BCUT2D eigenvalue weighted by Crippen LogP contribution is 2.29. The first-order valence-corrected chi connectivity index (χ1v) is 10.9. The Balaban J connectivity index is 0.000000858. The molecule has 2 aliphatic heterocycles. The number of aliphatic hydroxyl groups is 1. The number of likely N-dealkylation sites (tertiary alicyclic amines) is 1. The molecule has 3 heterocycles. The van der Waals surface area contributed by atoms with Gasteiger partial charge in [0.2, 0.25) is 5.91 Å². The monoisotopic (exact) mass is 428 g/mol. The van der Waals surface area contributed by atoms with Gasteiger partial charge in [0.05, 0.1) is 18.2 Å². The van der Waals surface area contributed by atoms with E-state index in [4.69, 9.17) is 15.0 Å². The van der Waals surface area contributed by atoms with Crippen LogP contribution < -0.4 is 0 Å². The van der Waals surface area contributed by atoms with Gasteiger partial charge in [0.15, 0.2) is 0 Å². The number of piperidine rings is 1. The van der Waals surface area contributed by atoms with Gasteiger partial charge in [-0.05, 0) is 25.8 Å². The molecule has 2 N–H and O–H groups in total. The number of carboxylic acid groups (broad SMARTS) is 1. The van der Waals surface area contributed by atoms with Gasteiger partial charge < -0.3 is 20.0 Å². The van der Waals surface area contributed by atoms with Gasteiger partial charge in [0.25, 0.3) is 6.47 Å². The summed E-state index contributed by atoms with van der Waals surface area (Å²) in [5, 5.41) is 20.9. The number of carbonyl (C=O) groups excluding carboxylic acids is 1. The average Bonchev–Trinajstić information content (AvgIpc) is 2.96. The number of hydrogen-bond acceptors (Lipinski definition) is 5. The molecule has 1 aromatic carbocycles. The maximum absolute atomic E-state index is 13.2. The first-order valence-electron chi connectivity index (χ1n) is 10.9. The lowest BCUT2D eigenvalue weighted by Crippen LogP contribution is -2.46. The Bertz CT molecular complexity index is 866. The number of rotatable bonds is 4. The van der Waals surface area contributed by atoms with E-state index in [9.17, 15) is 9.90 Å². The summed E-state index contributed by atoms with van der Waals surface area (Å²) in [6.45, 7) is 3.86. The minimum atomic E-state index is -0.250. The van der Waals surface area contributed by atoms with Crippen LogP contribution in [0.5, 0.6) is 0 Å². The lowest BCUT2D eigenvalue weighted by molar-refractivity contribution is -0.137. The number of benzene rings is 1. The van der Waals surface area contributed by atoms with E-state index in [0.717, 1.165) is 63.1 Å². The molecule has 1 amide bonds. The van der Waals surface area contributed by atoms with E-state index in [2.05, 4.69) is 21.9 Å². The van der Waals surface area contributed by atoms with E-state index >= 15 is 0 Å². The molecule has 168 valence electrons. The van der Waals surface area contributed by atoms with Crippen LogP contribution >= 0.6 is 0 Å². The van der Waals surface area contributed by atoms with Crippen molar-refractivity contribution in [3.05, 3.63) is 41.6 Å². The van der Waals surface area contributed by atoms with E-state index in [1.165, 1.54) is 11.3 Å². The molecule has 0 saturated carbocycles. The van der Waals surface area contributed by atoms with Crippen molar-refractivity contribution in [2.24, 2.45) is 13.0 Å². The molecule has 0 aliphatic carbocycles. The molecular formula is C23H32N4O4. The van der Waals surface area contributed by atoms with Crippen molar-refractivity contribution in [1.82, 2.24) is 19.6 Å². The van der Waals surface area contributed by atoms with Crippen LogP contribution in [0.4, 0.5) is 0 Å². The van der Waals surface area contributed by atoms with E-state index in [1.54, 1.807) is 0 Å². The van der Waals surface area contributed by atoms with Crippen molar-refractivity contribution in [3.63, 3.8) is 0 Å². The summed E-state index contributed by atoms with van der Waals surface area (Å²) in [5.41, 5.74) is 4.74. The Morgan fingerprint density at radius 3 is 2.61 bits per heavy atom. The highest BCUT2D eigenvalue weighted by Gasteiger charge is 2.31. The highest BCUT2D eigenvalue weighted by atomic mass is 16.3. The van der Waals surface area contributed by atoms with Gasteiger partial charge in [-0.1, -0.05) is 30.3 Å². The number of β-amino-alcohol motifs (C(OH)–C–C–N with tert-alkyl or cyclic N) is 1. The zero-order valence-electron chi connectivity index (χ0n) is 18.1. The molecule has 1 atom stereocenters. The van der Waals surface area contributed by atoms with Crippen molar-refractivity contribution in [1.29, 1.82) is 0 Å². The summed E-state index contributed by atoms with van der Waals surface area (Å²) in [6, 6.07) is 10.3. The number of carbonyl (C=O) groups is 2. The molecule has 1 fully saturated rings. The molecule has 8 nitrogen and oxygen atoms in total. The predicted molar refractivity (Wildman–Crippen MR) is 118 cm³/mol. The van der Waals surface area contributed by atoms with Crippen LogP contribution in [-0.4, -0.2) is 81.5 Å². The minimum absolute atomic E-state index is 0.0632. The van der Waals surface area contributed by atoms with Crippen molar-refractivity contribution in [3.8, 4) is 11.3 Å². The van der Waals surface area contributed by atoms with Crippen molar-refractivity contribution in [2.45, 2.75) is 25.7 Å². The third kappa shape index (κ3) is 5.51. The number of aryl methyl sites for hydroxylation is 1. The van der Waals surface area contributed by atoms with Gasteiger partial charge in [-0.15, -0.1) is 0 Å². The van der Waals surface area contributed by atoms with Gasteiger partial charge in [-0.3, -0.25) is 14.3 Å². The maximum atomic E-state index is 13.2. The Labute approximate surface area is 183 Å². The van der Waals surface area contributed by atoms with Crippen molar-refractivity contribution in [2.75, 3.05) is 39.3 Å². The zero-order chi connectivity index (χ0) is 22.2. The second-order valence-corrected chi connectivity index (χ2v) is 8.06. The van der Waals surface area contributed by atoms with E-state index < -0.39 is 0 Å². The average molecular weight is 429 g/mol. The van der Waals surface area contributed by atoms with E-state index in [0.29, 0.717) is 6.54 Å². The highest BCUT2D eigenvalue weighted by molar-refractivity contribution is 5.79. The SMILES string of the molecule is Cn1nc(-c2ccccc2)c2c1CCN(C(=O)C1CCCN(CCO)C1)CC2.O=CO. The lowest BCUT2D eigenvalue weighted by Gasteiger charge is -2.34. The molecule has 2 aliphatic rings. The molecular weight excluding hydrogens is 396 g/mol. The summed E-state index contributed by atoms with van der Waals surface area (Å²) >= 11 is 0. The quantitative estimate of drug-likeness (QED) is 0.715. The van der Waals surface area contributed by atoms with Crippen molar-refractivity contribution >= 4 is 12.4 Å². The molecule has 0 radical (unpaired) electrons. The summed E-state index contributed by atoms with van der Waals surface area (Å²) < 4.78 is 2.00. The summed E-state index contributed by atoms with van der Waals surface area (Å²) in [6.07, 6.45) is 3.70. The summed E-state index contributed by atoms with van der Waals surface area (Å²) in [7, 11) is 2.01. The standard InChI is InChI=1S/C22H30N4O2.CH2O2/c1-24-20-10-13-26(22(28)18-8-5-11-25(16-18)14-15-27)12-9-19(20)21(23-24)17-6-3-2-4-7-17;2-1-3/h2-4,6-7,18,27H,5,8-16H2,1H3;1H,(H,2,3). The smallest absolute Gasteiger partial charge is 0.290 e. The van der Waals surface area contributed by atoms with Crippen LogP contribution in [0.25, 0.3) is 11.3 Å². The molecule has 1 aromatic heterocycles. The minimum Gasteiger partial charge on any atom is -0.483 e. The number of aromatic nitrogens is 2. The number of amides is 1. The van der Waals surface area contributed by atoms with Gasteiger partial charge >= 0.3 is 0 Å². The number of nitrogens with zero attached hydrogens (tertiary/aromatic N) is 4. The molecule has 31 heavy (non-hydrogen) atoms. The zero-order valence-corrected chi connectivity index (χ0v) is 18.1. The number of hydrogen-bond donors (Lipinski definition) is 2. The Kier molecular flexibility index (Phi) is 8.20. The fraction of sp³-hybridized carbons (Fsp3) is 0.522. The predicted octanol–water partition coefficient (Wildman–Crippen LogP) is 1.42. The Morgan fingerprint density at radius 2 is 1.90 bits per heavy atom. The third-order valence-corrected chi connectivity index (χ3v) is 6.15. The molecule has 1 saturated heterocycles. The molecule has 1 unspecified atom stereocenters. The van der Waals surface area contributed by atoms with E-state index in [-0.39, 0.29) is 24.9 Å².